The Morgan fingerprint density at radius 2 is 1.86 bits per heavy atom. The van der Waals surface area contributed by atoms with Crippen LogP contribution in [0, 0.1) is 0 Å². The number of hydrogen-bond acceptors (Lipinski definition) is 3. The molecule has 0 saturated heterocycles. The average molecular weight is 296 g/mol. The van der Waals surface area contributed by atoms with Gasteiger partial charge in [0.2, 0.25) is 0 Å². The predicted molar refractivity (Wildman–Crippen MR) is 87.2 cm³/mol. The number of thiophene rings is 1. The molecule has 0 saturated carbocycles. The van der Waals surface area contributed by atoms with Crippen LogP contribution in [0.15, 0.2) is 53.9 Å². The Labute approximate surface area is 128 Å². The van der Waals surface area contributed by atoms with Crippen LogP contribution < -0.4 is 4.74 Å². The molecule has 0 bridgehead atoms. The monoisotopic (exact) mass is 296 g/mol. The van der Waals surface area contributed by atoms with Crippen molar-refractivity contribution in [3.63, 3.8) is 0 Å². The SMILES string of the molecule is CCC(=O)c1ccccc1OCc1csc2ccccc12. The van der Waals surface area contributed by atoms with Crippen molar-refractivity contribution < 1.29 is 9.53 Å². The van der Waals surface area contributed by atoms with Crippen molar-refractivity contribution >= 4 is 27.2 Å². The molecule has 0 unspecified atom stereocenters. The fourth-order valence-corrected chi connectivity index (χ4v) is 3.26. The molecular weight excluding hydrogens is 280 g/mol. The summed E-state index contributed by atoms with van der Waals surface area (Å²) in [5.74, 6) is 0.778. The molecule has 0 aliphatic carbocycles. The molecule has 2 aromatic carbocycles. The van der Waals surface area contributed by atoms with E-state index >= 15 is 0 Å². The molecule has 3 rings (SSSR count). The molecule has 1 heterocycles. The number of Topliss-reactive ketones (excluding diaryl/α,β-unsaturated/α-hetero) is 1. The second-order valence-corrected chi connectivity index (χ2v) is 5.73. The van der Waals surface area contributed by atoms with Crippen LogP contribution in [0.25, 0.3) is 10.1 Å². The zero-order chi connectivity index (χ0) is 14.7. The summed E-state index contributed by atoms with van der Waals surface area (Å²) in [6.07, 6.45) is 0.488. The molecule has 0 aliphatic heterocycles. The molecule has 3 aromatic rings. The summed E-state index contributed by atoms with van der Waals surface area (Å²) in [4.78, 5) is 11.9. The minimum atomic E-state index is 0.112. The molecular formula is C18H16O2S. The van der Waals surface area contributed by atoms with Gasteiger partial charge in [0.05, 0.1) is 5.56 Å². The first-order valence-corrected chi connectivity index (χ1v) is 7.87. The first kappa shape index (κ1) is 13.8. The van der Waals surface area contributed by atoms with Crippen molar-refractivity contribution in [2.75, 3.05) is 0 Å². The van der Waals surface area contributed by atoms with Gasteiger partial charge in [0.1, 0.15) is 12.4 Å². The first-order valence-electron chi connectivity index (χ1n) is 6.99. The van der Waals surface area contributed by atoms with Crippen LogP contribution in [0.3, 0.4) is 0 Å². The van der Waals surface area contributed by atoms with E-state index in [9.17, 15) is 4.79 Å². The lowest BCUT2D eigenvalue weighted by Crippen LogP contribution is -2.02. The number of fused-ring (bicyclic) bond motifs is 1. The third-order valence-electron chi connectivity index (χ3n) is 3.45. The van der Waals surface area contributed by atoms with Crippen LogP contribution in [0.1, 0.15) is 29.3 Å². The molecule has 0 atom stereocenters. The van der Waals surface area contributed by atoms with Crippen molar-refractivity contribution in [3.8, 4) is 5.75 Å². The van der Waals surface area contributed by atoms with Crippen LogP contribution >= 0.6 is 11.3 Å². The summed E-state index contributed by atoms with van der Waals surface area (Å²) >= 11 is 1.72. The smallest absolute Gasteiger partial charge is 0.166 e. The van der Waals surface area contributed by atoms with E-state index in [2.05, 4.69) is 17.5 Å². The van der Waals surface area contributed by atoms with Crippen molar-refractivity contribution in [1.29, 1.82) is 0 Å². The molecule has 0 radical (unpaired) electrons. The third-order valence-corrected chi connectivity index (χ3v) is 4.47. The number of carbonyl (C=O) groups is 1. The maximum atomic E-state index is 11.9. The topological polar surface area (TPSA) is 26.3 Å². The van der Waals surface area contributed by atoms with E-state index in [1.165, 1.54) is 10.1 Å². The minimum Gasteiger partial charge on any atom is -0.488 e. The maximum absolute atomic E-state index is 11.9. The minimum absolute atomic E-state index is 0.112. The number of para-hydroxylation sites is 1. The molecule has 21 heavy (non-hydrogen) atoms. The molecule has 3 heteroatoms. The molecule has 0 fully saturated rings. The van der Waals surface area contributed by atoms with Gasteiger partial charge in [0.15, 0.2) is 5.78 Å². The van der Waals surface area contributed by atoms with Crippen LogP contribution in [0.2, 0.25) is 0 Å². The van der Waals surface area contributed by atoms with Gasteiger partial charge < -0.3 is 4.74 Å². The van der Waals surface area contributed by atoms with Crippen LogP contribution in [0.5, 0.6) is 5.75 Å². The molecule has 0 aliphatic rings. The first-order chi connectivity index (χ1) is 10.3. The summed E-state index contributed by atoms with van der Waals surface area (Å²) in [6.45, 7) is 2.35. The van der Waals surface area contributed by atoms with Crippen molar-refractivity contribution in [1.82, 2.24) is 0 Å². The zero-order valence-corrected chi connectivity index (χ0v) is 12.7. The Hall–Kier alpha value is -2.13. The van der Waals surface area contributed by atoms with E-state index in [-0.39, 0.29) is 5.78 Å². The number of carbonyl (C=O) groups excluding carboxylic acids is 1. The molecule has 2 nitrogen and oxygen atoms in total. The highest BCUT2D eigenvalue weighted by molar-refractivity contribution is 7.17. The fourth-order valence-electron chi connectivity index (χ4n) is 2.31. The standard InChI is InChI=1S/C18H16O2S/c1-2-16(19)15-8-3-5-9-17(15)20-11-13-12-21-18-10-6-4-7-14(13)18/h3-10,12H,2,11H2,1H3. The number of benzene rings is 2. The summed E-state index contributed by atoms with van der Waals surface area (Å²) in [7, 11) is 0. The average Bonchev–Trinajstić information content (AvgIpc) is 2.96. The lowest BCUT2D eigenvalue weighted by Gasteiger charge is -2.09. The predicted octanol–water partition coefficient (Wildman–Crippen LogP) is 5.07. The quantitative estimate of drug-likeness (QED) is 0.614. The van der Waals surface area contributed by atoms with E-state index < -0.39 is 0 Å². The van der Waals surface area contributed by atoms with Gasteiger partial charge in [-0.3, -0.25) is 4.79 Å². The van der Waals surface area contributed by atoms with E-state index in [4.69, 9.17) is 4.74 Å². The Morgan fingerprint density at radius 1 is 1.10 bits per heavy atom. The highest BCUT2D eigenvalue weighted by Crippen LogP contribution is 2.27. The lowest BCUT2D eigenvalue weighted by atomic mass is 10.1. The highest BCUT2D eigenvalue weighted by Gasteiger charge is 2.11. The van der Waals surface area contributed by atoms with Gasteiger partial charge in [-0.05, 0) is 29.0 Å². The normalized spacial score (nSPS) is 10.7. The van der Waals surface area contributed by atoms with E-state index in [1.54, 1.807) is 11.3 Å². The largest absolute Gasteiger partial charge is 0.488 e. The Balaban J connectivity index is 1.84. The Morgan fingerprint density at radius 3 is 2.71 bits per heavy atom. The lowest BCUT2D eigenvalue weighted by molar-refractivity contribution is 0.0984. The maximum Gasteiger partial charge on any atom is 0.166 e. The van der Waals surface area contributed by atoms with E-state index in [0.29, 0.717) is 24.3 Å². The van der Waals surface area contributed by atoms with Crippen LogP contribution in [-0.4, -0.2) is 5.78 Å². The summed E-state index contributed by atoms with van der Waals surface area (Å²) < 4.78 is 7.16. The van der Waals surface area contributed by atoms with Crippen LogP contribution in [0.4, 0.5) is 0 Å². The second kappa shape index (κ2) is 6.10. The van der Waals surface area contributed by atoms with Gasteiger partial charge >= 0.3 is 0 Å². The van der Waals surface area contributed by atoms with Gasteiger partial charge in [-0.1, -0.05) is 37.3 Å². The fraction of sp³-hybridized carbons (Fsp3) is 0.167. The summed E-state index contributed by atoms with van der Waals surface area (Å²) in [6, 6.07) is 15.7. The van der Waals surface area contributed by atoms with Gasteiger partial charge in [0, 0.05) is 16.7 Å². The van der Waals surface area contributed by atoms with Crippen LogP contribution in [-0.2, 0) is 6.61 Å². The van der Waals surface area contributed by atoms with Gasteiger partial charge in [-0.15, -0.1) is 11.3 Å². The van der Waals surface area contributed by atoms with Gasteiger partial charge in [-0.25, -0.2) is 0 Å². The molecule has 106 valence electrons. The highest BCUT2D eigenvalue weighted by atomic mass is 32.1. The number of hydrogen-bond donors (Lipinski definition) is 0. The summed E-state index contributed by atoms with van der Waals surface area (Å²) in [5, 5.41) is 3.34. The molecule has 0 spiro atoms. The molecule has 1 aromatic heterocycles. The zero-order valence-electron chi connectivity index (χ0n) is 11.8. The number of ether oxygens (including phenoxy) is 1. The van der Waals surface area contributed by atoms with E-state index in [0.717, 1.165) is 5.56 Å². The Bertz CT molecular complexity index is 773. The van der Waals surface area contributed by atoms with Gasteiger partial charge in [0.25, 0.3) is 0 Å². The number of ketones is 1. The van der Waals surface area contributed by atoms with Crippen molar-refractivity contribution in [2.45, 2.75) is 20.0 Å². The summed E-state index contributed by atoms with van der Waals surface area (Å²) in [5.41, 5.74) is 1.83. The van der Waals surface area contributed by atoms with E-state index in [1.807, 2.05) is 43.3 Å². The van der Waals surface area contributed by atoms with Crippen molar-refractivity contribution in [3.05, 3.63) is 65.0 Å². The molecule has 0 amide bonds. The third kappa shape index (κ3) is 2.83. The Kier molecular flexibility index (Phi) is 4.02. The second-order valence-electron chi connectivity index (χ2n) is 4.82. The molecule has 0 N–H and O–H groups in total. The number of rotatable bonds is 5. The van der Waals surface area contributed by atoms with Crippen molar-refractivity contribution in [2.24, 2.45) is 0 Å². The van der Waals surface area contributed by atoms with Gasteiger partial charge in [-0.2, -0.15) is 0 Å².